The average molecular weight is 280 g/mol. The van der Waals surface area contributed by atoms with Crippen molar-refractivity contribution in [2.24, 2.45) is 5.92 Å². The van der Waals surface area contributed by atoms with E-state index >= 15 is 0 Å². The first-order valence-electron chi connectivity index (χ1n) is 7.78. The van der Waals surface area contributed by atoms with E-state index in [1.807, 2.05) is 6.07 Å². The van der Waals surface area contributed by atoms with Crippen molar-refractivity contribution >= 4 is 11.6 Å². The van der Waals surface area contributed by atoms with Gasteiger partial charge in [0.05, 0.1) is 0 Å². The van der Waals surface area contributed by atoms with Gasteiger partial charge in [0.2, 0.25) is 0 Å². The molecule has 0 aliphatic heterocycles. The number of halogens is 1. The topological polar surface area (TPSA) is 12.0 Å². The van der Waals surface area contributed by atoms with Gasteiger partial charge >= 0.3 is 0 Å². The van der Waals surface area contributed by atoms with Crippen molar-refractivity contribution < 1.29 is 0 Å². The van der Waals surface area contributed by atoms with E-state index in [1.54, 1.807) is 0 Å². The SMILES string of the molecule is CCNC(CCC1CCCCC1)c1cccc(Cl)c1. The predicted octanol–water partition coefficient (Wildman–Crippen LogP) is 5.35. The molecule has 106 valence electrons. The lowest BCUT2D eigenvalue weighted by atomic mass is 9.84. The third-order valence-corrected chi connectivity index (χ3v) is 4.52. The van der Waals surface area contributed by atoms with Crippen molar-refractivity contribution in [1.29, 1.82) is 0 Å². The highest BCUT2D eigenvalue weighted by Gasteiger charge is 2.17. The standard InChI is InChI=1S/C17H26ClN/c1-2-19-17(15-9-6-10-16(18)13-15)12-11-14-7-4-3-5-8-14/h6,9-10,13-14,17,19H,2-5,7-8,11-12H2,1H3. The van der Waals surface area contributed by atoms with Gasteiger partial charge in [-0.25, -0.2) is 0 Å². The van der Waals surface area contributed by atoms with E-state index in [2.05, 4.69) is 30.4 Å². The van der Waals surface area contributed by atoms with Gasteiger partial charge in [0.1, 0.15) is 0 Å². The zero-order valence-corrected chi connectivity index (χ0v) is 12.8. The minimum atomic E-state index is 0.464. The van der Waals surface area contributed by atoms with Crippen molar-refractivity contribution in [3.05, 3.63) is 34.9 Å². The molecule has 1 nitrogen and oxygen atoms in total. The molecule has 1 aromatic carbocycles. The molecular weight excluding hydrogens is 254 g/mol. The van der Waals surface area contributed by atoms with Gasteiger partial charge in [-0.3, -0.25) is 0 Å². The van der Waals surface area contributed by atoms with Crippen LogP contribution >= 0.6 is 11.6 Å². The van der Waals surface area contributed by atoms with Crippen LogP contribution in [0.25, 0.3) is 0 Å². The Labute approximate surface area is 122 Å². The summed E-state index contributed by atoms with van der Waals surface area (Å²) in [6, 6.07) is 8.78. The molecule has 0 saturated heterocycles. The van der Waals surface area contributed by atoms with Crippen LogP contribution in [0.1, 0.15) is 63.5 Å². The van der Waals surface area contributed by atoms with E-state index < -0.39 is 0 Å². The average Bonchev–Trinajstić information content (AvgIpc) is 2.44. The second kappa shape index (κ2) is 7.91. The molecule has 1 atom stereocenters. The maximum Gasteiger partial charge on any atom is 0.0409 e. The summed E-state index contributed by atoms with van der Waals surface area (Å²) < 4.78 is 0. The van der Waals surface area contributed by atoms with Crippen LogP contribution in [-0.2, 0) is 0 Å². The van der Waals surface area contributed by atoms with Crippen LogP contribution in [0.4, 0.5) is 0 Å². The van der Waals surface area contributed by atoms with E-state index in [4.69, 9.17) is 11.6 Å². The highest BCUT2D eigenvalue weighted by molar-refractivity contribution is 6.30. The van der Waals surface area contributed by atoms with Gasteiger partial charge < -0.3 is 5.32 Å². The van der Waals surface area contributed by atoms with E-state index in [9.17, 15) is 0 Å². The number of hydrogen-bond donors (Lipinski definition) is 1. The van der Waals surface area contributed by atoms with E-state index in [-0.39, 0.29) is 0 Å². The Morgan fingerprint density at radius 1 is 1.26 bits per heavy atom. The third-order valence-electron chi connectivity index (χ3n) is 4.29. The fraction of sp³-hybridized carbons (Fsp3) is 0.647. The molecule has 0 aromatic heterocycles. The Morgan fingerprint density at radius 2 is 2.05 bits per heavy atom. The zero-order valence-electron chi connectivity index (χ0n) is 12.0. The molecule has 0 bridgehead atoms. The zero-order chi connectivity index (χ0) is 13.5. The summed E-state index contributed by atoms with van der Waals surface area (Å²) in [5.41, 5.74) is 1.34. The highest BCUT2D eigenvalue weighted by atomic mass is 35.5. The molecule has 2 rings (SSSR count). The molecule has 0 spiro atoms. The van der Waals surface area contributed by atoms with Crippen LogP contribution in [0.15, 0.2) is 24.3 Å². The molecule has 1 aliphatic rings. The lowest BCUT2D eigenvalue weighted by molar-refractivity contribution is 0.315. The number of nitrogens with one attached hydrogen (secondary N) is 1. The summed E-state index contributed by atoms with van der Waals surface area (Å²) in [4.78, 5) is 0. The summed E-state index contributed by atoms with van der Waals surface area (Å²) in [6.07, 6.45) is 9.79. The van der Waals surface area contributed by atoms with Gasteiger partial charge in [0, 0.05) is 11.1 Å². The molecule has 0 radical (unpaired) electrons. The number of hydrogen-bond acceptors (Lipinski definition) is 1. The highest BCUT2D eigenvalue weighted by Crippen LogP contribution is 2.30. The fourth-order valence-corrected chi connectivity index (χ4v) is 3.43. The largest absolute Gasteiger partial charge is 0.310 e. The van der Waals surface area contributed by atoms with Gasteiger partial charge in [-0.15, -0.1) is 0 Å². The summed E-state index contributed by atoms with van der Waals surface area (Å²) in [6.45, 7) is 3.19. The maximum absolute atomic E-state index is 6.11. The van der Waals surface area contributed by atoms with Crippen LogP contribution < -0.4 is 5.32 Å². The minimum absolute atomic E-state index is 0.464. The normalized spacial score (nSPS) is 18.4. The quantitative estimate of drug-likeness (QED) is 0.740. The fourth-order valence-electron chi connectivity index (χ4n) is 3.23. The Hall–Kier alpha value is -0.530. The second-order valence-corrected chi connectivity index (χ2v) is 6.18. The maximum atomic E-state index is 6.11. The first kappa shape index (κ1) is 14.9. The Balaban J connectivity index is 1.91. The first-order chi connectivity index (χ1) is 9.29. The summed E-state index contributed by atoms with van der Waals surface area (Å²) >= 11 is 6.11. The van der Waals surface area contributed by atoms with Gasteiger partial charge in [-0.05, 0) is 43.0 Å². The number of benzene rings is 1. The van der Waals surface area contributed by atoms with Crippen LogP contribution in [0.3, 0.4) is 0 Å². The van der Waals surface area contributed by atoms with E-state index in [1.165, 1.54) is 50.5 Å². The second-order valence-electron chi connectivity index (χ2n) is 5.75. The van der Waals surface area contributed by atoms with Gasteiger partial charge in [-0.2, -0.15) is 0 Å². The summed E-state index contributed by atoms with van der Waals surface area (Å²) in [7, 11) is 0. The van der Waals surface area contributed by atoms with Gasteiger partial charge in [-0.1, -0.05) is 62.8 Å². The monoisotopic (exact) mass is 279 g/mol. The summed E-state index contributed by atoms with van der Waals surface area (Å²) in [5, 5.41) is 4.45. The van der Waals surface area contributed by atoms with Crippen molar-refractivity contribution in [3.8, 4) is 0 Å². The Kier molecular flexibility index (Phi) is 6.19. The molecule has 0 heterocycles. The molecule has 1 fully saturated rings. The Morgan fingerprint density at radius 3 is 2.74 bits per heavy atom. The minimum Gasteiger partial charge on any atom is -0.310 e. The lowest BCUT2D eigenvalue weighted by Gasteiger charge is -2.25. The van der Waals surface area contributed by atoms with Gasteiger partial charge in [0.15, 0.2) is 0 Å². The first-order valence-corrected chi connectivity index (χ1v) is 8.16. The molecule has 1 saturated carbocycles. The molecule has 0 amide bonds. The molecule has 1 aliphatic carbocycles. The smallest absolute Gasteiger partial charge is 0.0409 e. The molecule has 1 N–H and O–H groups in total. The predicted molar refractivity (Wildman–Crippen MR) is 83.7 cm³/mol. The van der Waals surface area contributed by atoms with Crippen molar-refractivity contribution in [2.45, 2.75) is 57.9 Å². The Bertz CT molecular complexity index is 371. The van der Waals surface area contributed by atoms with Crippen LogP contribution in [0.2, 0.25) is 5.02 Å². The molecule has 19 heavy (non-hydrogen) atoms. The van der Waals surface area contributed by atoms with E-state index in [0.717, 1.165) is 17.5 Å². The van der Waals surface area contributed by atoms with Crippen molar-refractivity contribution in [2.75, 3.05) is 6.54 Å². The van der Waals surface area contributed by atoms with Crippen molar-refractivity contribution in [3.63, 3.8) is 0 Å². The molecular formula is C17H26ClN. The number of rotatable bonds is 6. The lowest BCUT2D eigenvalue weighted by Crippen LogP contribution is -2.22. The molecule has 1 unspecified atom stereocenters. The molecule has 1 aromatic rings. The van der Waals surface area contributed by atoms with Gasteiger partial charge in [0.25, 0.3) is 0 Å². The van der Waals surface area contributed by atoms with Crippen LogP contribution in [0.5, 0.6) is 0 Å². The summed E-state index contributed by atoms with van der Waals surface area (Å²) in [5.74, 6) is 0.953. The van der Waals surface area contributed by atoms with Crippen molar-refractivity contribution in [1.82, 2.24) is 5.32 Å². The van der Waals surface area contributed by atoms with Crippen LogP contribution in [0, 0.1) is 5.92 Å². The third kappa shape index (κ3) is 4.81. The molecule has 2 heteroatoms. The van der Waals surface area contributed by atoms with E-state index in [0.29, 0.717) is 6.04 Å². The van der Waals surface area contributed by atoms with Crippen LogP contribution in [-0.4, -0.2) is 6.54 Å².